The Kier molecular flexibility index (Phi) is 5.14. The molecule has 22 heavy (non-hydrogen) atoms. The molecule has 2 fully saturated rings. The second-order valence-electron chi connectivity index (χ2n) is 6.21. The fourth-order valence-corrected chi connectivity index (χ4v) is 4.39. The van der Waals surface area contributed by atoms with E-state index in [-0.39, 0.29) is 12.4 Å². The van der Waals surface area contributed by atoms with Gasteiger partial charge in [-0.25, -0.2) is 4.98 Å². The number of nitrogens with one attached hydrogen (secondary N) is 1. The number of nitrogens with zero attached hydrogens (tertiary/aromatic N) is 2. The summed E-state index contributed by atoms with van der Waals surface area (Å²) in [5.41, 5.74) is 2.45. The van der Waals surface area contributed by atoms with Gasteiger partial charge in [-0.2, -0.15) is 0 Å². The summed E-state index contributed by atoms with van der Waals surface area (Å²) in [6, 6.07) is 10.5. The minimum absolute atomic E-state index is 0. The van der Waals surface area contributed by atoms with Gasteiger partial charge in [0.2, 0.25) is 0 Å². The van der Waals surface area contributed by atoms with Crippen LogP contribution in [0, 0.1) is 11.8 Å². The Morgan fingerprint density at radius 1 is 1.18 bits per heavy atom. The molecule has 2 aliphatic rings. The van der Waals surface area contributed by atoms with E-state index in [1.54, 1.807) is 11.3 Å². The first-order valence-corrected chi connectivity index (χ1v) is 8.69. The number of fused-ring (bicyclic) bond motifs is 1. The van der Waals surface area contributed by atoms with Gasteiger partial charge < -0.3 is 5.32 Å². The molecule has 0 amide bonds. The van der Waals surface area contributed by atoms with E-state index in [0.717, 1.165) is 23.4 Å². The molecule has 0 saturated carbocycles. The van der Waals surface area contributed by atoms with E-state index in [1.165, 1.54) is 43.9 Å². The Morgan fingerprint density at radius 2 is 2.00 bits per heavy atom. The Morgan fingerprint density at radius 3 is 2.86 bits per heavy atom. The van der Waals surface area contributed by atoms with Gasteiger partial charge in [0.05, 0.1) is 5.69 Å². The number of likely N-dealkylation sites (tertiary alicyclic amines) is 1. The van der Waals surface area contributed by atoms with Crippen LogP contribution in [0.25, 0.3) is 10.6 Å². The second-order valence-corrected chi connectivity index (χ2v) is 7.07. The standard InChI is InChI=1S/C17H21N3S.ClH/c1-2-4-13(5-3-1)17-19-16(12-21-17)11-20-7-6-14-8-18-9-15(14)10-20;/h1-5,12,14-15,18H,6-11H2;1H. The molecule has 1 N–H and O–H groups in total. The topological polar surface area (TPSA) is 28.2 Å². The summed E-state index contributed by atoms with van der Waals surface area (Å²) >= 11 is 1.76. The lowest BCUT2D eigenvalue weighted by Gasteiger charge is -2.33. The molecule has 1 aromatic carbocycles. The summed E-state index contributed by atoms with van der Waals surface area (Å²) in [5, 5.41) is 6.90. The van der Waals surface area contributed by atoms with Crippen molar-refractivity contribution in [3.8, 4) is 10.6 Å². The smallest absolute Gasteiger partial charge is 0.123 e. The van der Waals surface area contributed by atoms with Crippen LogP contribution in [0.5, 0.6) is 0 Å². The number of hydrogen-bond acceptors (Lipinski definition) is 4. The lowest BCUT2D eigenvalue weighted by Crippen LogP contribution is -2.39. The highest BCUT2D eigenvalue weighted by molar-refractivity contribution is 7.13. The van der Waals surface area contributed by atoms with E-state index >= 15 is 0 Å². The summed E-state index contributed by atoms with van der Waals surface area (Å²) < 4.78 is 0. The normalized spacial score (nSPS) is 24.7. The van der Waals surface area contributed by atoms with Gasteiger partial charge in [-0.15, -0.1) is 23.7 Å². The van der Waals surface area contributed by atoms with Crippen LogP contribution in [0.2, 0.25) is 0 Å². The summed E-state index contributed by atoms with van der Waals surface area (Å²) in [6.45, 7) is 5.89. The number of benzene rings is 1. The Hall–Kier alpha value is -0.940. The van der Waals surface area contributed by atoms with Crippen LogP contribution in [0.3, 0.4) is 0 Å². The zero-order valence-corrected chi connectivity index (χ0v) is 14.2. The van der Waals surface area contributed by atoms with Gasteiger partial charge in [-0.3, -0.25) is 4.90 Å². The zero-order chi connectivity index (χ0) is 14.1. The van der Waals surface area contributed by atoms with Crippen LogP contribution in [-0.2, 0) is 6.54 Å². The van der Waals surface area contributed by atoms with E-state index in [4.69, 9.17) is 4.98 Å². The Bertz CT molecular complexity index is 601. The SMILES string of the molecule is Cl.c1ccc(-c2nc(CN3CCC4CNCC4C3)cs2)cc1. The van der Waals surface area contributed by atoms with Crippen molar-refractivity contribution in [1.82, 2.24) is 15.2 Å². The molecule has 1 aromatic heterocycles. The molecule has 0 bridgehead atoms. The van der Waals surface area contributed by atoms with E-state index < -0.39 is 0 Å². The first-order valence-electron chi connectivity index (χ1n) is 7.81. The van der Waals surface area contributed by atoms with E-state index in [2.05, 4.69) is 45.9 Å². The highest BCUT2D eigenvalue weighted by Gasteiger charge is 2.32. The third kappa shape index (κ3) is 3.35. The molecule has 3 heterocycles. The van der Waals surface area contributed by atoms with Crippen molar-refractivity contribution in [3.05, 3.63) is 41.4 Å². The molecule has 0 radical (unpaired) electrons. The van der Waals surface area contributed by atoms with Gasteiger partial charge in [-0.1, -0.05) is 30.3 Å². The van der Waals surface area contributed by atoms with Crippen molar-refractivity contribution >= 4 is 23.7 Å². The largest absolute Gasteiger partial charge is 0.316 e. The monoisotopic (exact) mass is 335 g/mol. The summed E-state index contributed by atoms with van der Waals surface area (Å²) in [5.74, 6) is 1.77. The zero-order valence-electron chi connectivity index (χ0n) is 12.6. The molecule has 3 nitrogen and oxygen atoms in total. The van der Waals surface area contributed by atoms with Crippen LogP contribution in [0.1, 0.15) is 12.1 Å². The summed E-state index contributed by atoms with van der Waals surface area (Å²) in [4.78, 5) is 7.40. The molecule has 2 atom stereocenters. The third-order valence-corrected chi connectivity index (χ3v) is 5.69. The lowest BCUT2D eigenvalue weighted by atomic mass is 9.89. The number of rotatable bonds is 3. The van der Waals surface area contributed by atoms with E-state index in [0.29, 0.717) is 0 Å². The highest BCUT2D eigenvalue weighted by atomic mass is 35.5. The quantitative estimate of drug-likeness (QED) is 0.933. The summed E-state index contributed by atoms with van der Waals surface area (Å²) in [6.07, 6.45) is 1.34. The van der Waals surface area contributed by atoms with Gasteiger partial charge in [-0.05, 0) is 37.9 Å². The lowest BCUT2D eigenvalue weighted by molar-refractivity contribution is 0.141. The number of piperidine rings is 1. The van der Waals surface area contributed by atoms with Crippen LogP contribution in [0.4, 0.5) is 0 Å². The van der Waals surface area contributed by atoms with Crippen molar-refractivity contribution in [2.45, 2.75) is 13.0 Å². The number of halogens is 1. The predicted octanol–water partition coefficient (Wildman–Crippen LogP) is 3.27. The van der Waals surface area contributed by atoms with Crippen LogP contribution in [-0.4, -0.2) is 36.1 Å². The molecule has 2 unspecified atom stereocenters. The van der Waals surface area contributed by atoms with Crippen LogP contribution in [0.15, 0.2) is 35.7 Å². The Balaban J connectivity index is 0.00000144. The number of thiazole rings is 1. The molecule has 4 rings (SSSR count). The molecule has 0 aliphatic carbocycles. The van der Waals surface area contributed by atoms with Crippen molar-refractivity contribution in [3.63, 3.8) is 0 Å². The molecular weight excluding hydrogens is 314 g/mol. The van der Waals surface area contributed by atoms with E-state index in [9.17, 15) is 0 Å². The minimum atomic E-state index is 0. The first kappa shape index (κ1) is 15.9. The van der Waals surface area contributed by atoms with E-state index in [1.807, 2.05) is 0 Å². The number of hydrogen-bond donors (Lipinski definition) is 1. The van der Waals surface area contributed by atoms with Gasteiger partial charge in [0.1, 0.15) is 5.01 Å². The van der Waals surface area contributed by atoms with Gasteiger partial charge in [0.15, 0.2) is 0 Å². The third-order valence-electron chi connectivity index (χ3n) is 4.75. The van der Waals surface area contributed by atoms with Crippen molar-refractivity contribution < 1.29 is 0 Å². The van der Waals surface area contributed by atoms with Crippen molar-refractivity contribution in [1.29, 1.82) is 0 Å². The van der Waals surface area contributed by atoms with Crippen molar-refractivity contribution in [2.75, 3.05) is 26.2 Å². The minimum Gasteiger partial charge on any atom is -0.316 e. The summed E-state index contributed by atoms with van der Waals surface area (Å²) in [7, 11) is 0. The molecule has 2 aromatic rings. The molecule has 0 spiro atoms. The van der Waals surface area contributed by atoms with Crippen LogP contribution < -0.4 is 5.32 Å². The Labute approximate surface area is 142 Å². The first-order chi connectivity index (χ1) is 10.4. The average Bonchev–Trinajstić information content (AvgIpc) is 3.17. The van der Waals surface area contributed by atoms with Crippen LogP contribution >= 0.6 is 23.7 Å². The molecule has 2 aliphatic heterocycles. The maximum absolute atomic E-state index is 4.82. The molecule has 5 heteroatoms. The number of aromatic nitrogens is 1. The average molecular weight is 336 g/mol. The highest BCUT2D eigenvalue weighted by Crippen LogP contribution is 2.28. The van der Waals surface area contributed by atoms with Crippen molar-refractivity contribution in [2.24, 2.45) is 11.8 Å². The predicted molar refractivity (Wildman–Crippen MR) is 94.5 cm³/mol. The molecule has 118 valence electrons. The molecular formula is C17H22ClN3S. The van der Waals surface area contributed by atoms with Gasteiger partial charge in [0, 0.05) is 24.0 Å². The maximum Gasteiger partial charge on any atom is 0.123 e. The van der Waals surface area contributed by atoms with Gasteiger partial charge in [0.25, 0.3) is 0 Å². The second kappa shape index (κ2) is 7.09. The fraction of sp³-hybridized carbons (Fsp3) is 0.471. The fourth-order valence-electron chi connectivity index (χ4n) is 3.58. The van der Waals surface area contributed by atoms with Gasteiger partial charge >= 0.3 is 0 Å². The maximum atomic E-state index is 4.82. The molecule has 2 saturated heterocycles.